The maximum Gasteiger partial charge on any atom is 0.254 e. The Hall–Kier alpha value is -2.79. The fourth-order valence-electron chi connectivity index (χ4n) is 3.13. The zero-order valence-electron chi connectivity index (χ0n) is 16.4. The summed E-state index contributed by atoms with van der Waals surface area (Å²) < 4.78 is 10.7. The molecule has 1 atom stereocenters. The highest BCUT2D eigenvalue weighted by Crippen LogP contribution is 2.25. The van der Waals surface area contributed by atoms with E-state index in [0.29, 0.717) is 23.6 Å². The summed E-state index contributed by atoms with van der Waals surface area (Å²) in [5, 5.41) is 2.07. The van der Waals surface area contributed by atoms with E-state index in [1.165, 1.54) is 4.88 Å². The number of hydrogen-bond acceptors (Lipinski definition) is 4. The molecule has 0 spiro atoms. The van der Waals surface area contributed by atoms with Crippen molar-refractivity contribution in [3.8, 4) is 11.5 Å². The molecule has 2 aromatic carbocycles. The highest BCUT2D eigenvalue weighted by Gasteiger charge is 2.23. The highest BCUT2D eigenvalue weighted by molar-refractivity contribution is 7.09. The van der Waals surface area contributed by atoms with Gasteiger partial charge in [0.25, 0.3) is 5.91 Å². The zero-order chi connectivity index (χ0) is 19.9. The molecule has 0 bridgehead atoms. The van der Waals surface area contributed by atoms with E-state index in [1.807, 2.05) is 41.3 Å². The first-order chi connectivity index (χ1) is 13.6. The molecule has 0 fully saturated rings. The van der Waals surface area contributed by atoms with E-state index < -0.39 is 0 Å². The first kappa shape index (κ1) is 20.0. The van der Waals surface area contributed by atoms with E-state index in [-0.39, 0.29) is 11.9 Å². The normalized spacial score (nSPS) is 11.7. The lowest BCUT2D eigenvalue weighted by Crippen LogP contribution is -2.39. The van der Waals surface area contributed by atoms with Gasteiger partial charge in [-0.2, -0.15) is 0 Å². The summed E-state index contributed by atoms with van der Waals surface area (Å²) in [6.07, 6.45) is 0.817. The predicted molar refractivity (Wildman–Crippen MR) is 113 cm³/mol. The van der Waals surface area contributed by atoms with Crippen molar-refractivity contribution < 1.29 is 14.3 Å². The molecule has 4 nitrogen and oxygen atoms in total. The predicted octanol–water partition coefficient (Wildman–Crippen LogP) is 5.04. The van der Waals surface area contributed by atoms with E-state index in [2.05, 4.69) is 18.4 Å². The van der Waals surface area contributed by atoms with Gasteiger partial charge in [-0.25, -0.2) is 0 Å². The Morgan fingerprint density at radius 1 is 1.00 bits per heavy atom. The molecular weight excluding hydrogens is 370 g/mol. The maximum atomic E-state index is 13.5. The number of nitrogens with zero attached hydrogens (tertiary/aromatic N) is 1. The minimum absolute atomic E-state index is 0.0369. The second kappa shape index (κ2) is 9.42. The molecule has 5 heteroatoms. The third-order valence-electron chi connectivity index (χ3n) is 4.66. The number of benzene rings is 2. The van der Waals surface area contributed by atoms with Gasteiger partial charge < -0.3 is 14.4 Å². The van der Waals surface area contributed by atoms with Gasteiger partial charge >= 0.3 is 0 Å². The Kier molecular flexibility index (Phi) is 6.71. The zero-order valence-corrected chi connectivity index (χ0v) is 17.2. The topological polar surface area (TPSA) is 38.8 Å². The Morgan fingerprint density at radius 2 is 1.68 bits per heavy atom. The molecule has 0 N–H and O–H groups in total. The molecule has 146 valence electrons. The third kappa shape index (κ3) is 4.93. The molecule has 0 radical (unpaired) electrons. The van der Waals surface area contributed by atoms with Crippen LogP contribution in [0, 0.1) is 0 Å². The molecule has 0 aliphatic carbocycles. The summed E-state index contributed by atoms with van der Waals surface area (Å²) in [7, 11) is 3.17. The monoisotopic (exact) mass is 395 g/mol. The molecule has 0 aliphatic heterocycles. The van der Waals surface area contributed by atoms with Crippen molar-refractivity contribution in [2.45, 2.75) is 25.9 Å². The Labute approximate surface area is 170 Å². The molecular formula is C23H25NO3S. The lowest BCUT2D eigenvalue weighted by Gasteiger charge is -2.30. The van der Waals surface area contributed by atoms with Crippen molar-refractivity contribution in [1.82, 2.24) is 4.90 Å². The smallest absolute Gasteiger partial charge is 0.254 e. The largest absolute Gasteiger partial charge is 0.497 e. The summed E-state index contributed by atoms with van der Waals surface area (Å²) in [5.41, 5.74) is 1.66. The molecule has 0 aliphatic rings. The second-order valence-electron chi connectivity index (χ2n) is 6.65. The van der Waals surface area contributed by atoms with Gasteiger partial charge in [-0.3, -0.25) is 4.79 Å². The van der Waals surface area contributed by atoms with Gasteiger partial charge in [0.2, 0.25) is 0 Å². The maximum absolute atomic E-state index is 13.5. The van der Waals surface area contributed by atoms with Crippen molar-refractivity contribution in [2.24, 2.45) is 0 Å². The van der Waals surface area contributed by atoms with E-state index in [1.54, 1.807) is 43.8 Å². The number of carbonyl (C=O) groups is 1. The van der Waals surface area contributed by atoms with Gasteiger partial charge in [0, 0.05) is 35.5 Å². The number of hydrogen-bond donors (Lipinski definition) is 0. The van der Waals surface area contributed by atoms with Crippen LogP contribution in [-0.4, -0.2) is 31.1 Å². The van der Waals surface area contributed by atoms with Gasteiger partial charge in [-0.1, -0.05) is 36.4 Å². The van der Waals surface area contributed by atoms with Crippen LogP contribution in [0.3, 0.4) is 0 Å². The van der Waals surface area contributed by atoms with Gasteiger partial charge in [0.1, 0.15) is 11.5 Å². The summed E-state index contributed by atoms with van der Waals surface area (Å²) >= 11 is 1.72. The van der Waals surface area contributed by atoms with Crippen LogP contribution in [0.5, 0.6) is 11.5 Å². The Bertz CT molecular complexity index is 871. The van der Waals surface area contributed by atoms with Crippen LogP contribution in [0.25, 0.3) is 0 Å². The van der Waals surface area contributed by atoms with Crippen molar-refractivity contribution in [3.63, 3.8) is 0 Å². The third-order valence-corrected chi connectivity index (χ3v) is 5.56. The lowest BCUT2D eigenvalue weighted by molar-refractivity contribution is 0.0675. The quantitative estimate of drug-likeness (QED) is 0.536. The van der Waals surface area contributed by atoms with Crippen LogP contribution in [0.15, 0.2) is 66.0 Å². The minimum atomic E-state index is -0.0369. The van der Waals surface area contributed by atoms with Gasteiger partial charge in [0.05, 0.1) is 14.2 Å². The van der Waals surface area contributed by atoms with Crippen LogP contribution in [0.1, 0.15) is 27.7 Å². The lowest BCUT2D eigenvalue weighted by atomic mass is 10.1. The fourth-order valence-corrected chi connectivity index (χ4v) is 3.96. The number of thiophene rings is 1. The number of amides is 1. The average Bonchev–Trinajstić information content (AvgIpc) is 3.24. The van der Waals surface area contributed by atoms with Crippen molar-refractivity contribution in [3.05, 3.63) is 82.0 Å². The number of ether oxygens (including phenoxy) is 2. The Balaban J connectivity index is 1.91. The molecule has 1 heterocycles. The van der Waals surface area contributed by atoms with Crippen LogP contribution < -0.4 is 9.47 Å². The van der Waals surface area contributed by atoms with Crippen molar-refractivity contribution in [2.75, 3.05) is 14.2 Å². The van der Waals surface area contributed by atoms with Gasteiger partial charge in [-0.05, 0) is 36.1 Å². The van der Waals surface area contributed by atoms with E-state index in [4.69, 9.17) is 9.47 Å². The number of rotatable bonds is 8. The average molecular weight is 396 g/mol. The van der Waals surface area contributed by atoms with E-state index in [0.717, 1.165) is 12.0 Å². The summed E-state index contributed by atoms with van der Waals surface area (Å²) in [6.45, 7) is 2.64. The van der Waals surface area contributed by atoms with E-state index >= 15 is 0 Å². The van der Waals surface area contributed by atoms with Crippen molar-refractivity contribution >= 4 is 17.2 Å². The summed E-state index contributed by atoms with van der Waals surface area (Å²) in [4.78, 5) is 16.7. The van der Waals surface area contributed by atoms with Gasteiger partial charge in [0.15, 0.2) is 0 Å². The first-order valence-electron chi connectivity index (χ1n) is 9.21. The minimum Gasteiger partial charge on any atom is -0.497 e. The second-order valence-corrected chi connectivity index (χ2v) is 7.68. The fraction of sp³-hybridized carbons (Fsp3) is 0.261. The van der Waals surface area contributed by atoms with Crippen LogP contribution in [0.2, 0.25) is 0 Å². The molecule has 28 heavy (non-hydrogen) atoms. The van der Waals surface area contributed by atoms with Crippen LogP contribution in [-0.2, 0) is 13.0 Å². The van der Waals surface area contributed by atoms with E-state index in [9.17, 15) is 4.79 Å². The van der Waals surface area contributed by atoms with Crippen LogP contribution in [0.4, 0.5) is 0 Å². The first-order valence-corrected chi connectivity index (χ1v) is 10.1. The van der Waals surface area contributed by atoms with Crippen LogP contribution >= 0.6 is 11.3 Å². The number of methoxy groups -OCH3 is 2. The molecule has 3 aromatic rings. The SMILES string of the molecule is COc1cc(OC)cc(C(=O)N(Cc2ccccc2)[C@H](C)Cc2cccs2)c1. The van der Waals surface area contributed by atoms with Crippen molar-refractivity contribution in [1.29, 1.82) is 0 Å². The molecule has 1 amide bonds. The molecule has 0 unspecified atom stereocenters. The highest BCUT2D eigenvalue weighted by atomic mass is 32.1. The molecule has 1 aromatic heterocycles. The Morgan fingerprint density at radius 3 is 2.25 bits per heavy atom. The standard InChI is InChI=1S/C23H25NO3S/c1-17(12-22-10-7-11-28-22)24(16-18-8-5-4-6-9-18)23(25)19-13-20(26-2)15-21(14-19)27-3/h4-11,13-15,17H,12,16H2,1-3H3/t17-/m1/s1. The molecule has 3 rings (SSSR count). The number of carbonyl (C=O) groups excluding carboxylic acids is 1. The molecule has 0 saturated carbocycles. The summed E-state index contributed by atoms with van der Waals surface area (Å²) in [6, 6.07) is 19.6. The summed E-state index contributed by atoms with van der Waals surface area (Å²) in [5.74, 6) is 1.17. The molecule has 0 saturated heterocycles. The van der Waals surface area contributed by atoms with Gasteiger partial charge in [-0.15, -0.1) is 11.3 Å².